The molecule has 7 nitrogen and oxygen atoms in total. The van der Waals surface area contributed by atoms with Crippen molar-refractivity contribution in [2.24, 2.45) is 0 Å². The molecule has 2 amide bonds. The van der Waals surface area contributed by atoms with Gasteiger partial charge in [-0.05, 0) is 74.4 Å². The summed E-state index contributed by atoms with van der Waals surface area (Å²) >= 11 is 0. The molecule has 1 N–H and O–H groups in total. The van der Waals surface area contributed by atoms with Crippen molar-refractivity contribution in [3.05, 3.63) is 66.4 Å². The fourth-order valence-corrected chi connectivity index (χ4v) is 3.45. The van der Waals surface area contributed by atoms with Gasteiger partial charge in [0.15, 0.2) is 0 Å². The minimum atomic E-state index is -0.519. The van der Waals surface area contributed by atoms with E-state index in [1.165, 1.54) is 0 Å². The smallest absolute Gasteiger partial charge is 0.410 e. The molecular formula is C25H25N3O4. The van der Waals surface area contributed by atoms with Gasteiger partial charge in [0.1, 0.15) is 17.1 Å². The predicted molar refractivity (Wildman–Crippen MR) is 124 cm³/mol. The Kier molecular flexibility index (Phi) is 5.81. The SMILES string of the molecule is CC(C)(C)OC(=O)N1CC=C(c2ccc3c(Oc4ccc(NC=O)cc4)ccnc3c2)C1. The van der Waals surface area contributed by atoms with E-state index in [2.05, 4.69) is 10.3 Å². The third-order valence-electron chi connectivity index (χ3n) is 4.95. The van der Waals surface area contributed by atoms with Gasteiger partial charge in [-0.15, -0.1) is 0 Å². The number of carbonyl (C=O) groups excluding carboxylic acids is 2. The molecule has 0 aliphatic carbocycles. The van der Waals surface area contributed by atoms with E-state index in [0.29, 0.717) is 36.7 Å². The zero-order valence-corrected chi connectivity index (χ0v) is 18.3. The standard InChI is InChI=1S/C25H25N3O4/c1-25(2,3)32-24(30)28-13-11-18(15-28)17-4-9-21-22(14-17)26-12-10-23(21)31-20-7-5-19(6-8-20)27-16-29/h4-12,14,16H,13,15H2,1-3H3,(H,27,29). The van der Waals surface area contributed by atoms with E-state index in [1.54, 1.807) is 35.4 Å². The molecule has 0 saturated carbocycles. The number of hydrogen-bond donors (Lipinski definition) is 1. The second-order valence-corrected chi connectivity index (χ2v) is 8.52. The van der Waals surface area contributed by atoms with Crippen LogP contribution < -0.4 is 10.1 Å². The van der Waals surface area contributed by atoms with Gasteiger partial charge in [0, 0.05) is 30.4 Å². The van der Waals surface area contributed by atoms with Crippen LogP contribution in [0.4, 0.5) is 10.5 Å². The van der Waals surface area contributed by atoms with Crippen LogP contribution in [0.5, 0.6) is 11.5 Å². The van der Waals surface area contributed by atoms with E-state index in [1.807, 2.05) is 51.1 Å². The summed E-state index contributed by atoms with van der Waals surface area (Å²) in [4.78, 5) is 29.1. The molecule has 2 aromatic carbocycles. The van der Waals surface area contributed by atoms with Gasteiger partial charge in [-0.3, -0.25) is 9.78 Å². The van der Waals surface area contributed by atoms with Crippen LogP contribution in [0.25, 0.3) is 16.5 Å². The maximum Gasteiger partial charge on any atom is 0.410 e. The van der Waals surface area contributed by atoms with E-state index in [-0.39, 0.29) is 6.09 Å². The number of anilines is 1. The molecule has 0 atom stereocenters. The van der Waals surface area contributed by atoms with Crippen LogP contribution in [0, 0.1) is 0 Å². The average Bonchev–Trinajstić information content (AvgIpc) is 3.25. The summed E-state index contributed by atoms with van der Waals surface area (Å²) in [6.45, 7) is 6.60. The fraction of sp³-hybridized carbons (Fsp3) is 0.240. The number of ether oxygens (including phenoxy) is 2. The minimum Gasteiger partial charge on any atom is -0.457 e. The molecule has 164 valence electrons. The second-order valence-electron chi connectivity index (χ2n) is 8.52. The monoisotopic (exact) mass is 431 g/mol. The van der Waals surface area contributed by atoms with Crippen molar-refractivity contribution in [2.45, 2.75) is 26.4 Å². The molecule has 32 heavy (non-hydrogen) atoms. The molecule has 0 radical (unpaired) electrons. The summed E-state index contributed by atoms with van der Waals surface area (Å²) in [6.07, 6.45) is 4.07. The number of nitrogens with one attached hydrogen (secondary N) is 1. The van der Waals surface area contributed by atoms with E-state index in [4.69, 9.17) is 9.47 Å². The molecule has 2 heterocycles. The first kappa shape index (κ1) is 21.4. The topological polar surface area (TPSA) is 80.8 Å². The molecule has 4 rings (SSSR count). The highest BCUT2D eigenvalue weighted by Crippen LogP contribution is 2.32. The molecule has 7 heteroatoms. The molecule has 0 fully saturated rings. The highest BCUT2D eigenvalue weighted by atomic mass is 16.6. The molecule has 0 bridgehead atoms. The number of carbonyl (C=O) groups is 2. The van der Waals surface area contributed by atoms with Crippen LogP contribution in [0.1, 0.15) is 26.3 Å². The van der Waals surface area contributed by atoms with Crippen molar-refractivity contribution >= 4 is 34.7 Å². The Bertz CT molecular complexity index is 1180. The van der Waals surface area contributed by atoms with Crippen molar-refractivity contribution in [3.8, 4) is 11.5 Å². The fourth-order valence-electron chi connectivity index (χ4n) is 3.45. The van der Waals surface area contributed by atoms with Gasteiger partial charge in [0.05, 0.1) is 5.52 Å². The van der Waals surface area contributed by atoms with Gasteiger partial charge >= 0.3 is 6.09 Å². The number of fused-ring (bicyclic) bond motifs is 1. The van der Waals surface area contributed by atoms with Crippen LogP contribution in [-0.4, -0.2) is 41.1 Å². The maximum absolute atomic E-state index is 12.3. The van der Waals surface area contributed by atoms with Crippen LogP contribution >= 0.6 is 0 Å². The first-order valence-electron chi connectivity index (χ1n) is 10.4. The lowest BCUT2D eigenvalue weighted by Gasteiger charge is -2.24. The summed E-state index contributed by atoms with van der Waals surface area (Å²) in [5.74, 6) is 1.35. The van der Waals surface area contributed by atoms with Crippen molar-refractivity contribution in [1.82, 2.24) is 9.88 Å². The molecule has 0 spiro atoms. The lowest BCUT2D eigenvalue weighted by molar-refractivity contribution is -0.105. The second kappa shape index (κ2) is 8.70. The van der Waals surface area contributed by atoms with Gasteiger partial charge < -0.3 is 19.7 Å². The van der Waals surface area contributed by atoms with Gasteiger partial charge in [-0.1, -0.05) is 12.1 Å². The largest absolute Gasteiger partial charge is 0.457 e. The molecule has 3 aromatic rings. The van der Waals surface area contributed by atoms with E-state index in [0.717, 1.165) is 22.0 Å². The number of aromatic nitrogens is 1. The summed E-state index contributed by atoms with van der Waals surface area (Å²) in [5.41, 5.74) is 3.05. The third kappa shape index (κ3) is 4.88. The highest BCUT2D eigenvalue weighted by Gasteiger charge is 2.25. The number of hydrogen-bond acceptors (Lipinski definition) is 5. The van der Waals surface area contributed by atoms with Gasteiger partial charge in [-0.2, -0.15) is 0 Å². The third-order valence-corrected chi connectivity index (χ3v) is 4.95. The molecule has 1 aliphatic rings. The summed E-state index contributed by atoms with van der Waals surface area (Å²) in [7, 11) is 0. The molecule has 1 aliphatic heterocycles. The van der Waals surface area contributed by atoms with Crippen LogP contribution in [0.15, 0.2) is 60.8 Å². The number of pyridine rings is 1. The highest BCUT2D eigenvalue weighted by molar-refractivity contribution is 5.89. The summed E-state index contributed by atoms with van der Waals surface area (Å²) in [5, 5.41) is 3.48. The summed E-state index contributed by atoms with van der Waals surface area (Å²) in [6, 6.07) is 14.9. The van der Waals surface area contributed by atoms with Crippen LogP contribution in [0.2, 0.25) is 0 Å². The Labute approximate surface area is 186 Å². The van der Waals surface area contributed by atoms with Crippen LogP contribution in [-0.2, 0) is 9.53 Å². The Morgan fingerprint density at radius 3 is 2.62 bits per heavy atom. The lowest BCUT2D eigenvalue weighted by Crippen LogP contribution is -2.35. The Hall–Kier alpha value is -3.87. The summed E-state index contributed by atoms with van der Waals surface area (Å²) < 4.78 is 11.5. The van der Waals surface area contributed by atoms with E-state index in [9.17, 15) is 9.59 Å². The minimum absolute atomic E-state index is 0.312. The Morgan fingerprint density at radius 2 is 1.91 bits per heavy atom. The molecule has 0 unspecified atom stereocenters. The van der Waals surface area contributed by atoms with E-state index >= 15 is 0 Å². The van der Waals surface area contributed by atoms with Crippen molar-refractivity contribution < 1.29 is 19.1 Å². The quantitative estimate of drug-likeness (QED) is 0.560. The number of benzene rings is 2. The maximum atomic E-state index is 12.3. The normalized spacial score (nSPS) is 13.6. The molecule has 1 aromatic heterocycles. The first-order chi connectivity index (χ1) is 15.3. The number of nitrogens with zero attached hydrogens (tertiary/aromatic N) is 2. The Balaban J connectivity index is 1.51. The lowest BCUT2D eigenvalue weighted by atomic mass is 10.0. The van der Waals surface area contributed by atoms with E-state index < -0.39 is 5.60 Å². The Morgan fingerprint density at radius 1 is 1.12 bits per heavy atom. The van der Waals surface area contributed by atoms with Gasteiger partial charge in [0.2, 0.25) is 6.41 Å². The van der Waals surface area contributed by atoms with Crippen molar-refractivity contribution in [2.75, 3.05) is 18.4 Å². The predicted octanol–water partition coefficient (Wildman–Crippen LogP) is 5.23. The average molecular weight is 431 g/mol. The van der Waals surface area contributed by atoms with Gasteiger partial charge in [-0.25, -0.2) is 4.79 Å². The first-order valence-corrected chi connectivity index (χ1v) is 10.4. The zero-order chi connectivity index (χ0) is 22.7. The van der Waals surface area contributed by atoms with Gasteiger partial charge in [0.25, 0.3) is 0 Å². The molecule has 0 saturated heterocycles. The van der Waals surface area contributed by atoms with Crippen molar-refractivity contribution in [1.29, 1.82) is 0 Å². The van der Waals surface area contributed by atoms with Crippen LogP contribution in [0.3, 0.4) is 0 Å². The number of rotatable bonds is 5. The van der Waals surface area contributed by atoms with Crippen molar-refractivity contribution in [3.63, 3.8) is 0 Å². The zero-order valence-electron chi connectivity index (χ0n) is 18.3. The molecular weight excluding hydrogens is 406 g/mol. The number of amides is 2.